The average Bonchev–Trinajstić information content (AvgIpc) is 2.35. The van der Waals surface area contributed by atoms with Gasteiger partial charge in [0.25, 0.3) is 0 Å². The Bertz CT molecular complexity index is 327. The monoisotopic (exact) mass is 256 g/mol. The Morgan fingerprint density at radius 3 is 2.71 bits per heavy atom. The summed E-state index contributed by atoms with van der Waals surface area (Å²) in [6.45, 7) is 2.26. The van der Waals surface area contributed by atoms with Crippen molar-refractivity contribution in [1.29, 1.82) is 0 Å². The van der Waals surface area contributed by atoms with E-state index < -0.39 is 16.9 Å². The second-order valence-electron chi connectivity index (χ2n) is 3.94. The van der Waals surface area contributed by atoms with E-state index in [1.807, 2.05) is 30.3 Å². The highest BCUT2D eigenvalue weighted by molar-refractivity contribution is 7.85. The zero-order valence-electron chi connectivity index (χ0n) is 10.2. The van der Waals surface area contributed by atoms with Crippen LogP contribution in [0.15, 0.2) is 30.3 Å². The number of hydrogen-bond donors (Lipinski definition) is 1. The minimum atomic E-state index is -0.938. The Kier molecular flexibility index (Phi) is 6.89. The Hall–Kier alpha value is -0.870. The van der Waals surface area contributed by atoms with Gasteiger partial charge in [0.2, 0.25) is 0 Å². The highest BCUT2D eigenvalue weighted by Gasteiger charge is 2.09. The van der Waals surface area contributed by atoms with Crippen LogP contribution in [0.2, 0.25) is 0 Å². The van der Waals surface area contributed by atoms with Gasteiger partial charge in [0.05, 0.1) is 11.9 Å². The summed E-state index contributed by atoms with van der Waals surface area (Å²) in [5.74, 6) is 1.69. The van der Waals surface area contributed by atoms with E-state index in [2.05, 4.69) is 6.92 Å². The predicted molar refractivity (Wildman–Crippen MR) is 70.7 cm³/mol. The van der Waals surface area contributed by atoms with Gasteiger partial charge in [-0.1, -0.05) is 31.5 Å². The van der Waals surface area contributed by atoms with Crippen molar-refractivity contribution >= 4 is 10.8 Å². The van der Waals surface area contributed by atoms with Crippen molar-refractivity contribution in [2.24, 2.45) is 0 Å². The van der Waals surface area contributed by atoms with Gasteiger partial charge in [-0.2, -0.15) is 0 Å². The number of rotatable bonds is 8. The van der Waals surface area contributed by atoms with Crippen LogP contribution in [0.1, 0.15) is 19.8 Å². The summed E-state index contributed by atoms with van der Waals surface area (Å²) in [5, 5.41) is 9.66. The number of aliphatic hydroxyl groups is 1. The lowest BCUT2D eigenvalue weighted by Crippen LogP contribution is -2.25. The van der Waals surface area contributed by atoms with Gasteiger partial charge >= 0.3 is 0 Å². The van der Waals surface area contributed by atoms with Gasteiger partial charge in [0.1, 0.15) is 12.4 Å². The molecular weight excluding hydrogens is 236 g/mol. The van der Waals surface area contributed by atoms with E-state index in [1.54, 1.807) is 0 Å². The molecule has 0 saturated heterocycles. The fourth-order valence-electron chi connectivity index (χ4n) is 1.36. The molecule has 17 heavy (non-hydrogen) atoms. The molecule has 0 fully saturated rings. The average molecular weight is 256 g/mol. The van der Waals surface area contributed by atoms with Gasteiger partial charge < -0.3 is 9.84 Å². The van der Waals surface area contributed by atoms with Crippen LogP contribution in [0.4, 0.5) is 0 Å². The number of para-hydroxylation sites is 1. The summed E-state index contributed by atoms with van der Waals surface area (Å²) in [4.78, 5) is 0. The molecule has 96 valence electrons. The van der Waals surface area contributed by atoms with Crippen molar-refractivity contribution in [3.05, 3.63) is 30.3 Å². The Morgan fingerprint density at radius 1 is 1.35 bits per heavy atom. The van der Waals surface area contributed by atoms with Gasteiger partial charge in [0, 0.05) is 16.6 Å². The molecule has 0 aliphatic rings. The summed E-state index contributed by atoms with van der Waals surface area (Å²) < 4.78 is 16.9. The molecule has 1 aromatic rings. The number of unbranched alkanes of at least 4 members (excludes halogenated alkanes) is 1. The third-order valence-corrected chi connectivity index (χ3v) is 3.79. The molecule has 0 spiro atoms. The minimum Gasteiger partial charge on any atom is -0.491 e. The SMILES string of the molecule is CCCCS(=O)CC(O)COc1ccccc1. The molecule has 0 amide bonds. The molecule has 2 unspecified atom stereocenters. The van der Waals surface area contributed by atoms with Crippen LogP contribution >= 0.6 is 0 Å². The Morgan fingerprint density at radius 2 is 2.06 bits per heavy atom. The first-order valence-electron chi connectivity index (χ1n) is 5.93. The van der Waals surface area contributed by atoms with Crippen molar-refractivity contribution in [2.45, 2.75) is 25.9 Å². The van der Waals surface area contributed by atoms with Gasteiger partial charge in [-0.15, -0.1) is 0 Å². The molecule has 0 aliphatic carbocycles. The smallest absolute Gasteiger partial charge is 0.119 e. The van der Waals surface area contributed by atoms with Crippen LogP contribution in [-0.2, 0) is 10.8 Å². The third-order valence-electron chi connectivity index (χ3n) is 2.29. The molecule has 0 saturated carbocycles. The number of hydrogen-bond acceptors (Lipinski definition) is 3. The standard InChI is InChI=1S/C13H20O3S/c1-2-3-9-17(15)11-12(14)10-16-13-7-5-4-6-8-13/h4-8,12,14H,2-3,9-11H2,1H3. The van der Waals surface area contributed by atoms with E-state index in [-0.39, 0.29) is 6.61 Å². The van der Waals surface area contributed by atoms with Gasteiger partial charge in [-0.3, -0.25) is 4.21 Å². The normalized spacial score (nSPS) is 14.2. The number of aliphatic hydroxyl groups excluding tert-OH is 1. The maximum Gasteiger partial charge on any atom is 0.119 e. The summed E-state index contributed by atoms with van der Waals surface area (Å²) in [7, 11) is -0.938. The van der Waals surface area contributed by atoms with E-state index in [0.29, 0.717) is 11.5 Å². The molecule has 0 aromatic heterocycles. The summed E-state index contributed by atoms with van der Waals surface area (Å²) in [5.41, 5.74) is 0. The first kappa shape index (κ1) is 14.2. The molecule has 0 heterocycles. The maximum absolute atomic E-state index is 11.5. The number of benzene rings is 1. The largest absolute Gasteiger partial charge is 0.491 e. The Labute approximate surface area is 105 Å². The van der Waals surface area contributed by atoms with Gasteiger partial charge in [-0.25, -0.2) is 0 Å². The molecule has 1 aromatic carbocycles. The molecular formula is C13H20O3S. The van der Waals surface area contributed by atoms with Crippen molar-refractivity contribution in [1.82, 2.24) is 0 Å². The molecule has 0 bridgehead atoms. The third kappa shape index (κ3) is 6.44. The van der Waals surface area contributed by atoms with Crippen LogP contribution < -0.4 is 4.74 Å². The zero-order chi connectivity index (χ0) is 12.5. The lowest BCUT2D eigenvalue weighted by Gasteiger charge is -2.11. The van der Waals surface area contributed by atoms with E-state index >= 15 is 0 Å². The van der Waals surface area contributed by atoms with Crippen molar-refractivity contribution in [3.8, 4) is 5.75 Å². The van der Waals surface area contributed by atoms with E-state index in [0.717, 1.165) is 18.6 Å². The predicted octanol–water partition coefficient (Wildman–Crippen LogP) is 1.98. The fraction of sp³-hybridized carbons (Fsp3) is 0.538. The summed E-state index contributed by atoms with van der Waals surface area (Å²) in [6, 6.07) is 9.33. The minimum absolute atomic E-state index is 0.196. The lowest BCUT2D eigenvalue weighted by molar-refractivity contribution is 0.125. The molecule has 1 N–H and O–H groups in total. The van der Waals surface area contributed by atoms with Crippen molar-refractivity contribution < 1.29 is 14.1 Å². The van der Waals surface area contributed by atoms with Crippen LogP contribution in [0.5, 0.6) is 5.75 Å². The van der Waals surface area contributed by atoms with Crippen LogP contribution in [0, 0.1) is 0 Å². The Balaban J connectivity index is 2.21. The molecule has 1 rings (SSSR count). The highest BCUT2D eigenvalue weighted by Crippen LogP contribution is 2.08. The second kappa shape index (κ2) is 8.25. The second-order valence-corrected chi connectivity index (χ2v) is 5.56. The molecule has 0 aliphatic heterocycles. The van der Waals surface area contributed by atoms with E-state index in [9.17, 15) is 9.32 Å². The topological polar surface area (TPSA) is 46.5 Å². The highest BCUT2D eigenvalue weighted by atomic mass is 32.2. The molecule has 4 heteroatoms. The van der Waals surface area contributed by atoms with Crippen LogP contribution in [0.3, 0.4) is 0 Å². The molecule has 2 atom stereocenters. The van der Waals surface area contributed by atoms with Crippen LogP contribution in [0.25, 0.3) is 0 Å². The summed E-state index contributed by atoms with van der Waals surface area (Å²) >= 11 is 0. The van der Waals surface area contributed by atoms with E-state index in [4.69, 9.17) is 4.74 Å². The number of ether oxygens (including phenoxy) is 1. The van der Waals surface area contributed by atoms with Crippen molar-refractivity contribution in [2.75, 3.05) is 18.1 Å². The lowest BCUT2D eigenvalue weighted by atomic mass is 10.3. The zero-order valence-corrected chi connectivity index (χ0v) is 11.0. The molecule has 3 nitrogen and oxygen atoms in total. The van der Waals surface area contributed by atoms with Crippen molar-refractivity contribution in [3.63, 3.8) is 0 Å². The summed E-state index contributed by atoms with van der Waals surface area (Å²) in [6.07, 6.45) is 1.31. The first-order chi connectivity index (χ1) is 8.22. The molecule has 0 radical (unpaired) electrons. The maximum atomic E-state index is 11.5. The van der Waals surface area contributed by atoms with E-state index in [1.165, 1.54) is 0 Å². The van der Waals surface area contributed by atoms with Gasteiger partial charge in [-0.05, 0) is 18.6 Å². The quantitative estimate of drug-likeness (QED) is 0.773. The first-order valence-corrected chi connectivity index (χ1v) is 7.42. The van der Waals surface area contributed by atoms with Gasteiger partial charge in [0.15, 0.2) is 0 Å². The fourth-order valence-corrected chi connectivity index (χ4v) is 2.66. The van der Waals surface area contributed by atoms with Crippen LogP contribution in [-0.4, -0.2) is 33.5 Å².